The van der Waals surface area contributed by atoms with Crippen LogP contribution in [-0.2, 0) is 11.2 Å². The summed E-state index contributed by atoms with van der Waals surface area (Å²) in [6.45, 7) is 3.93. The highest BCUT2D eigenvalue weighted by Crippen LogP contribution is 2.71. The zero-order valence-electron chi connectivity index (χ0n) is 16.5. The summed E-state index contributed by atoms with van der Waals surface area (Å²) in [7, 11) is 0. The van der Waals surface area contributed by atoms with E-state index in [-0.39, 0.29) is 5.92 Å². The molecule has 1 fully saturated rings. The van der Waals surface area contributed by atoms with Crippen LogP contribution in [0.25, 0.3) is 0 Å². The molecule has 2 N–H and O–H groups in total. The van der Waals surface area contributed by atoms with Crippen LogP contribution in [0.5, 0.6) is 5.75 Å². The fourth-order valence-corrected chi connectivity index (χ4v) is 5.91. The quantitative estimate of drug-likeness (QED) is 0.525. The van der Waals surface area contributed by atoms with Gasteiger partial charge in [-0.2, -0.15) is 0 Å². The van der Waals surface area contributed by atoms with E-state index in [0.29, 0.717) is 16.5 Å². The monoisotopic (exact) mass is 485 g/mol. The zero-order valence-corrected chi connectivity index (χ0v) is 18.9. The third-order valence-electron chi connectivity index (χ3n) is 6.67. The van der Waals surface area contributed by atoms with E-state index in [2.05, 4.69) is 20.9 Å². The second-order valence-electron chi connectivity index (χ2n) is 8.68. The molecule has 2 aliphatic rings. The van der Waals surface area contributed by atoms with Gasteiger partial charge in [0.15, 0.2) is 11.2 Å². The Hall–Kier alpha value is -1.92. The predicted molar refractivity (Wildman–Crippen MR) is 119 cm³/mol. The number of rotatable bonds is 2. The Bertz CT molecular complexity index is 1120. The fraction of sp³-hybridized carbons (Fsp3) is 0.292. The Morgan fingerprint density at radius 2 is 1.73 bits per heavy atom. The molecule has 0 amide bonds. The Labute approximate surface area is 188 Å². The van der Waals surface area contributed by atoms with Crippen LogP contribution in [-0.4, -0.2) is 21.3 Å². The molecule has 0 bridgehead atoms. The molecule has 0 saturated heterocycles. The molecule has 6 heteroatoms. The number of fused-ring (bicyclic) bond motifs is 3. The Morgan fingerprint density at radius 3 is 2.40 bits per heavy atom. The maximum absolute atomic E-state index is 12.3. The van der Waals surface area contributed by atoms with Crippen molar-refractivity contribution < 1.29 is 14.9 Å². The van der Waals surface area contributed by atoms with Crippen LogP contribution in [0.2, 0.25) is 5.02 Å². The first-order valence-corrected chi connectivity index (χ1v) is 11.0. The van der Waals surface area contributed by atoms with Gasteiger partial charge in [-0.25, -0.2) is 0 Å². The van der Waals surface area contributed by atoms with Crippen LogP contribution in [0.3, 0.4) is 0 Å². The van der Waals surface area contributed by atoms with Crippen LogP contribution >= 0.6 is 27.5 Å². The molecule has 1 aromatic heterocycles. The number of hydrogen-bond acceptors (Lipinski definition) is 4. The van der Waals surface area contributed by atoms with Gasteiger partial charge in [-0.15, -0.1) is 0 Å². The number of pyridine rings is 1. The lowest BCUT2D eigenvalue weighted by molar-refractivity contribution is -0.156. The minimum Gasteiger partial charge on any atom is -0.476 e. The van der Waals surface area contributed by atoms with Crippen LogP contribution in [0.1, 0.15) is 36.6 Å². The Morgan fingerprint density at radius 1 is 1.07 bits per heavy atom. The Balaban J connectivity index is 1.88. The molecule has 4 nitrogen and oxygen atoms in total. The maximum Gasteiger partial charge on any atom is 0.181 e. The SMILES string of the molecule is CC1(C)C(O)[C@@]2(O)c3ncc(Cl)cc3O[C@@]2(c2ccc(Br)cc2)[C@@H]1c1ccccc1. The van der Waals surface area contributed by atoms with Gasteiger partial charge in [0.25, 0.3) is 0 Å². The lowest BCUT2D eigenvalue weighted by atomic mass is 9.68. The third kappa shape index (κ3) is 2.38. The van der Waals surface area contributed by atoms with E-state index in [9.17, 15) is 10.2 Å². The first kappa shape index (κ1) is 20.0. The molecular formula is C24H21BrClNO3. The Kier molecular flexibility index (Phi) is 4.36. The summed E-state index contributed by atoms with van der Waals surface area (Å²) < 4.78 is 7.54. The summed E-state index contributed by atoms with van der Waals surface area (Å²) in [6.07, 6.45) is 0.350. The van der Waals surface area contributed by atoms with Gasteiger partial charge in [-0.3, -0.25) is 4.98 Å². The van der Waals surface area contributed by atoms with Crippen molar-refractivity contribution in [2.75, 3.05) is 0 Å². The van der Waals surface area contributed by atoms with Crippen molar-refractivity contribution in [1.29, 1.82) is 0 Å². The molecule has 0 spiro atoms. The van der Waals surface area contributed by atoms with Gasteiger partial charge in [0.05, 0.1) is 11.1 Å². The van der Waals surface area contributed by atoms with Crippen molar-refractivity contribution >= 4 is 27.5 Å². The molecule has 2 heterocycles. The van der Waals surface area contributed by atoms with E-state index in [1.165, 1.54) is 6.20 Å². The van der Waals surface area contributed by atoms with Crippen molar-refractivity contribution in [2.24, 2.45) is 5.41 Å². The van der Waals surface area contributed by atoms with Crippen LogP contribution < -0.4 is 4.74 Å². The highest BCUT2D eigenvalue weighted by molar-refractivity contribution is 9.10. The summed E-state index contributed by atoms with van der Waals surface area (Å²) in [5.41, 5.74) is -1.71. The fourth-order valence-electron chi connectivity index (χ4n) is 5.50. The molecule has 30 heavy (non-hydrogen) atoms. The van der Waals surface area contributed by atoms with Gasteiger partial charge in [0.1, 0.15) is 11.4 Å². The summed E-state index contributed by atoms with van der Waals surface area (Å²) >= 11 is 9.68. The minimum absolute atomic E-state index is 0.314. The lowest BCUT2D eigenvalue weighted by Crippen LogP contribution is -2.52. The topological polar surface area (TPSA) is 62.6 Å². The first-order chi connectivity index (χ1) is 14.2. The van der Waals surface area contributed by atoms with Crippen LogP contribution in [0.4, 0.5) is 0 Å². The van der Waals surface area contributed by atoms with E-state index in [4.69, 9.17) is 16.3 Å². The number of aliphatic hydroxyl groups is 2. The smallest absolute Gasteiger partial charge is 0.181 e. The van der Waals surface area contributed by atoms with Crippen LogP contribution in [0, 0.1) is 5.41 Å². The summed E-state index contributed by atoms with van der Waals surface area (Å²) in [5.74, 6) is 0.0313. The number of hydrogen-bond donors (Lipinski definition) is 2. The number of aliphatic hydroxyl groups excluding tert-OH is 1. The van der Waals surface area contributed by atoms with Gasteiger partial charge < -0.3 is 14.9 Å². The highest BCUT2D eigenvalue weighted by atomic mass is 79.9. The molecule has 5 rings (SSSR count). The summed E-state index contributed by atoms with van der Waals surface area (Å²) in [5, 5.41) is 24.3. The maximum atomic E-state index is 12.3. The average molecular weight is 487 g/mol. The molecule has 1 unspecified atom stereocenters. The second kappa shape index (κ2) is 6.54. The van der Waals surface area contributed by atoms with E-state index in [0.717, 1.165) is 15.6 Å². The lowest BCUT2D eigenvalue weighted by Gasteiger charge is -2.41. The number of halogens is 2. The molecule has 2 aromatic carbocycles. The molecule has 4 atom stereocenters. The molecule has 154 valence electrons. The zero-order chi connectivity index (χ0) is 21.3. The number of benzene rings is 2. The highest BCUT2D eigenvalue weighted by Gasteiger charge is 2.79. The average Bonchev–Trinajstić information content (AvgIpc) is 3.04. The molecule has 1 saturated carbocycles. The first-order valence-electron chi connectivity index (χ1n) is 9.79. The summed E-state index contributed by atoms with van der Waals surface area (Å²) in [6, 6.07) is 19.2. The van der Waals surface area contributed by atoms with Gasteiger partial charge in [0, 0.05) is 28.1 Å². The van der Waals surface area contributed by atoms with E-state index < -0.39 is 22.7 Å². The predicted octanol–water partition coefficient (Wildman–Crippen LogP) is 5.16. The number of ether oxygens (including phenoxy) is 1. The van der Waals surface area contributed by atoms with Gasteiger partial charge in [0.2, 0.25) is 0 Å². The summed E-state index contributed by atoms with van der Waals surface area (Å²) in [4.78, 5) is 4.43. The number of nitrogens with zero attached hydrogens (tertiary/aromatic N) is 1. The minimum atomic E-state index is -1.76. The normalized spacial score (nSPS) is 31.1. The van der Waals surface area contributed by atoms with Gasteiger partial charge in [-0.1, -0.05) is 83.8 Å². The van der Waals surface area contributed by atoms with Crippen molar-refractivity contribution in [3.8, 4) is 5.75 Å². The molecular weight excluding hydrogens is 466 g/mol. The van der Waals surface area contributed by atoms with Gasteiger partial charge in [-0.05, 0) is 23.3 Å². The van der Waals surface area contributed by atoms with E-state index in [1.807, 2.05) is 68.4 Å². The van der Waals surface area contributed by atoms with Crippen molar-refractivity contribution in [3.63, 3.8) is 0 Å². The standard InChI is InChI=1S/C24H21BrClNO3/c1-22(2)19(14-6-4-3-5-7-14)24(15-8-10-16(25)11-9-15)23(29,21(22)28)20-18(30-24)12-17(26)13-27-20/h3-13,19,21,28-29H,1-2H3/t19-,21?,23+,24+/m1/s1. The van der Waals surface area contributed by atoms with Crippen molar-refractivity contribution in [2.45, 2.75) is 37.1 Å². The molecule has 3 aromatic rings. The van der Waals surface area contributed by atoms with E-state index >= 15 is 0 Å². The van der Waals surface area contributed by atoms with Gasteiger partial charge >= 0.3 is 0 Å². The van der Waals surface area contributed by atoms with Crippen LogP contribution in [0.15, 0.2) is 71.3 Å². The van der Waals surface area contributed by atoms with Crippen molar-refractivity contribution in [1.82, 2.24) is 4.98 Å². The molecule has 1 aliphatic heterocycles. The molecule has 0 radical (unpaired) electrons. The van der Waals surface area contributed by atoms with Crippen molar-refractivity contribution in [3.05, 3.63) is 93.2 Å². The van der Waals surface area contributed by atoms with E-state index in [1.54, 1.807) is 6.07 Å². The second-order valence-corrected chi connectivity index (χ2v) is 10.0. The molecule has 1 aliphatic carbocycles. The third-order valence-corrected chi connectivity index (χ3v) is 7.41. The largest absolute Gasteiger partial charge is 0.476 e. The number of aromatic nitrogens is 1.